The monoisotopic (exact) mass is 264 g/mol. The molecule has 2 aromatic heterocycles. The van der Waals surface area contributed by atoms with Gasteiger partial charge >= 0.3 is 0 Å². The third kappa shape index (κ3) is 2.87. The van der Waals surface area contributed by atoms with E-state index in [9.17, 15) is 4.79 Å². The highest BCUT2D eigenvalue weighted by Crippen LogP contribution is 2.08. The predicted molar refractivity (Wildman–Crippen MR) is 71.2 cm³/mol. The largest absolute Gasteiger partial charge is 0.376 e. The van der Waals surface area contributed by atoms with Crippen molar-refractivity contribution in [3.63, 3.8) is 0 Å². The first kappa shape index (κ1) is 12.6. The minimum absolute atomic E-state index is 0.144. The summed E-state index contributed by atoms with van der Waals surface area (Å²) in [5.74, 6) is 0. The Labute approximate surface area is 110 Å². The summed E-state index contributed by atoms with van der Waals surface area (Å²) >= 11 is 5.79. The summed E-state index contributed by atoms with van der Waals surface area (Å²) in [4.78, 5) is 17.6. The molecule has 0 unspecified atom stereocenters. The Hall–Kier alpha value is -1.88. The maximum Gasteiger partial charge on any atom is 0.269 e. The van der Waals surface area contributed by atoms with Gasteiger partial charge in [-0.05, 0) is 17.7 Å². The molecule has 6 heteroatoms. The Morgan fingerprint density at radius 3 is 2.78 bits per heavy atom. The topological polar surface area (TPSA) is 51.0 Å². The summed E-state index contributed by atoms with van der Waals surface area (Å²) in [7, 11) is 3.73. The normalized spacial score (nSPS) is 10.4. The van der Waals surface area contributed by atoms with E-state index < -0.39 is 0 Å². The number of nitrogens with zero attached hydrogens (tertiary/aromatic N) is 4. The maximum absolute atomic E-state index is 11.9. The predicted octanol–water partition coefficient (Wildman–Crippen LogP) is 1.41. The van der Waals surface area contributed by atoms with E-state index in [1.807, 2.05) is 19.0 Å². The van der Waals surface area contributed by atoms with Gasteiger partial charge in [-0.1, -0.05) is 11.6 Å². The number of hydrogen-bond acceptors (Lipinski definition) is 4. The number of rotatable bonds is 3. The molecule has 0 N–H and O–H groups in total. The van der Waals surface area contributed by atoms with E-state index in [1.54, 1.807) is 30.6 Å². The summed E-state index contributed by atoms with van der Waals surface area (Å²) in [6.07, 6.45) is 3.26. The zero-order valence-corrected chi connectivity index (χ0v) is 10.9. The summed E-state index contributed by atoms with van der Waals surface area (Å²) < 4.78 is 1.39. The summed E-state index contributed by atoms with van der Waals surface area (Å²) in [6.45, 7) is 0.384. The molecule has 0 saturated carbocycles. The molecule has 0 spiro atoms. The van der Waals surface area contributed by atoms with E-state index in [4.69, 9.17) is 11.6 Å². The summed E-state index contributed by atoms with van der Waals surface area (Å²) in [5.41, 5.74) is 1.53. The zero-order valence-electron chi connectivity index (χ0n) is 10.2. The van der Waals surface area contributed by atoms with Crippen LogP contribution >= 0.6 is 11.6 Å². The van der Waals surface area contributed by atoms with Gasteiger partial charge in [-0.15, -0.1) is 0 Å². The van der Waals surface area contributed by atoms with Gasteiger partial charge in [-0.25, -0.2) is 9.67 Å². The minimum Gasteiger partial charge on any atom is -0.376 e. The second-order valence-electron chi connectivity index (χ2n) is 4.09. The lowest BCUT2D eigenvalue weighted by molar-refractivity contribution is 0.638. The molecule has 0 aliphatic rings. The molecule has 0 aliphatic carbocycles. The van der Waals surface area contributed by atoms with Crippen molar-refractivity contribution >= 4 is 17.3 Å². The van der Waals surface area contributed by atoms with Crippen LogP contribution in [0.3, 0.4) is 0 Å². The summed E-state index contributed by atoms with van der Waals surface area (Å²) in [6, 6.07) is 5.07. The van der Waals surface area contributed by atoms with E-state index >= 15 is 0 Å². The van der Waals surface area contributed by atoms with Crippen LogP contribution in [0.5, 0.6) is 0 Å². The molecule has 0 aliphatic heterocycles. The van der Waals surface area contributed by atoms with E-state index in [2.05, 4.69) is 10.1 Å². The first-order valence-corrected chi connectivity index (χ1v) is 5.79. The fourth-order valence-electron chi connectivity index (χ4n) is 1.50. The van der Waals surface area contributed by atoms with Crippen molar-refractivity contribution in [2.45, 2.75) is 6.54 Å². The molecule has 0 amide bonds. The number of pyridine rings is 1. The smallest absolute Gasteiger partial charge is 0.269 e. The average molecular weight is 265 g/mol. The fourth-order valence-corrected chi connectivity index (χ4v) is 1.70. The lowest BCUT2D eigenvalue weighted by atomic mass is 10.3. The Morgan fingerprint density at radius 2 is 2.17 bits per heavy atom. The van der Waals surface area contributed by atoms with Gasteiger partial charge < -0.3 is 4.90 Å². The number of aromatic nitrogens is 3. The van der Waals surface area contributed by atoms with E-state index in [0.29, 0.717) is 11.7 Å². The zero-order chi connectivity index (χ0) is 13.1. The molecule has 18 heavy (non-hydrogen) atoms. The molecule has 2 rings (SSSR count). The lowest BCUT2D eigenvalue weighted by Crippen LogP contribution is -2.24. The highest BCUT2D eigenvalue weighted by atomic mass is 35.5. The standard InChI is InChI=1S/C12H13ClN4O/c1-16(2)10-6-12(18)17(15-7-10)8-9-3-4-14-11(13)5-9/h3-7H,8H2,1-2H3. The molecule has 5 nitrogen and oxygen atoms in total. The SMILES string of the molecule is CN(C)c1cnn(Cc2ccnc(Cl)c2)c(=O)c1. The number of hydrogen-bond donors (Lipinski definition) is 0. The van der Waals surface area contributed by atoms with E-state index in [0.717, 1.165) is 11.3 Å². The van der Waals surface area contributed by atoms with Crippen molar-refractivity contribution in [2.75, 3.05) is 19.0 Å². The molecule has 0 bridgehead atoms. The van der Waals surface area contributed by atoms with Gasteiger partial charge in [-0.2, -0.15) is 5.10 Å². The first-order chi connectivity index (χ1) is 8.56. The van der Waals surface area contributed by atoms with E-state index in [-0.39, 0.29) is 5.56 Å². The third-order valence-corrected chi connectivity index (χ3v) is 2.70. The highest BCUT2D eigenvalue weighted by Gasteiger charge is 2.03. The summed E-state index contributed by atoms with van der Waals surface area (Å²) in [5, 5.41) is 4.53. The van der Waals surface area contributed by atoms with Crippen LogP contribution in [0.2, 0.25) is 5.15 Å². The number of anilines is 1. The molecule has 0 atom stereocenters. The Morgan fingerprint density at radius 1 is 1.39 bits per heavy atom. The van der Waals surface area contributed by atoms with Crippen LogP contribution in [-0.2, 0) is 6.54 Å². The lowest BCUT2D eigenvalue weighted by Gasteiger charge is -2.12. The quantitative estimate of drug-likeness (QED) is 0.787. The first-order valence-electron chi connectivity index (χ1n) is 5.41. The second-order valence-corrected chi connectivity index (χ2v) is 4.48. The Balaban J connectivity index is 2.28. The second kappa shape index (κ2) is 5.18. The average Bonchev–Trinajstić information content (AvgIpc) is 2.31. The van der Waals surface area contributed by atoms with Crippen molar-refractivity contribution in [1.29, 1.82) is 0 Å². The minimum atomic E-state index is -0.144. The molecule has 2 heterocycles. The van der Waals surface area contributed by atoms with Crippen molar-refractivity contribution < 1.29 is 0 Å². The van der Waals surface area contributed by atoms with Crippen LogP contribution in [0.4, 0.5) is 5.69 Å². The van der Waals surface area contributed by atoms with Crippen molar-refractivity contribution in [2.24, 2.45) is 0 Å². The molecule has 0 saturated heterocycles. The van der Waals surface area contributed by atoms with Crippen molar-refractivity contribution in [3.05, 3.63) is 51.7 Å². The van der Waals surface area contributed by atoms with Crippen LogP contribution < -0.4 is 10.5 Å². The van der Waals surface area contributed by atoms with Gasteiger partial charge in [0.25, 0.3) is 5.56 Å². The van der Waals surface area contributed by atoms with Gasteiger partial charge in [0.1, 0.15) is 5.15 Å². The van der Waals surface area contributed by atoms with Crippen molar-refractivity contribution in [3.8, 4) is 0 Å². The van der Waals surface area contributed by atoms with Gasteiger partial charge in [0.15, 0.2) is 0 Å². The van der Waals surface area contributed by atoms with Crippen LogP contribution in [0.15, 0.2) is 35.4 Å². The molecule has 2 aromatic rings. The van der Waals surface area contributed by atoms with Gasteiger partial charge in [0.2, 0.25) is 0 Å². The van der Waals surface area contributed by atoms with Gasteiger partial charge in [0, 0.05) is 26.4 Å². The molecule has 0 aromatic carbocycles. The Kier molecular flexibility index (Phi) is 3.62. The molecule has 94 valence electrons. The Bertz CT molecular complexity index is 609. The van der Waals surface area contributed by atoms with Gasteiger partial charge in [-0.3, -0.25) is 4.79 Å². The highest BCUT2D eigenvalue weighted by molar-refractivity contribution is 6.29. The molecular weight excluding hydrogens is 252 g/mol. The third-order valence-electron chi connectivity index (χ3n) is 2.49. The van der Waals surface area contributed by atoms with E-state index in [1.165, 1.54) is 4.68 Å². The molecular formula is C12H13ClN4O. The van der Waals surface area contributed by atoms with Crippen LogP contribution in [0.1, 0.15) is 5.56 Å². The van der Waals surface area contributed by atoms with Crippen LogP contribution in [-0.4, -0.2) is 28.9 Å². The van der Waals surface area contributed by atoms with Gasteiger partial charge in [0.05, 0.1) is 18.4 Å². The molecule has 0 radical (unpaired) electrons. The fraction of sp³-hybridized carbons (Fsp3) is 0.250. The number of halogens is 1. The molecule has 0 fully saturated rings. The van der Waals surface area contributed by atoms with Crippen LogP contribution in [0, 0.1) is 0 Å². The van der Waals surface area contributed by atoms with Crippen LogP contribution in [0.25, 0.3) is 0 Å². The van der Waals surface area contributed by atoms with Crippen molar-refractivity contribution in [1.82, 2.24) is 14.8 Å². The maximum atomic E-state index is 11.9.